The number of carbonyl (C=O) groups is 2. The Morgan fingerprint density at radius 1 is 1.10 bits per heavy atom. The van der Waals surface area contributed by atoms with Crippen LogP contribution in [0.2, 0.25) is 0 Å². The summed E-state index contributed by atoms with van der Waals surface area (Å²) in [5.41, 5.74) is 3.88. The zero-order valence-electron chi connectivity index (χ0n) is 17.2. The van der Waals surface area contributed by atoms with Crippen LogP contribution in [0.5, 0.6) is 0 Å². The molecule has 0 aromatic heterocycles. The summed E-state index contributed by atoms with van der Waals surface area (Å²) in [5.74, 6) is -0.0668. The monoisotopic (exact) mass is 434 g/mol. The third kappa shape index (κ3) is 4.97. The lowest BCUT2D eigenvalue weighted by molar-refractivity contribution is -0.116. The zero-order chi connectivity index (χ0) is 21.8. The van der Waals surface area contributed by atoms with Crippen molar-refractivity contribution in [3.8, 4) is 0 Å². The van der Waals surface area contributed by atoms with Crippen LogP contribution in [0.25, 0.3) is 0 Å². The highest BCUT2D eigenvalue weighted by Gasteiger charge is 2.34. The van der Waals surface area contributed by atoms with Crippen LogP contribution in [0.15, 0.2) is 72.8 Å². The normalized spacial score (nSPS) is 15.9. The molecule has 31 heavy (non-hydrogen) atoms. The summed E-state index contributed by atoms with van der Waals surface area (Å²) in [4.78, 5) is 26.4. The number of rotatable bonds is 6. The molecule has 6 heteroatoms. The Labute approximate surface area is 185 Å². The summed E-state index contributed by atoms with van der Waals surface area (Å²) in [7, 11) is 0. The van der Waals surface area contributed by atoms with Gasteiger partial charge < -0.3 is 5.32 Å². The second kappa shape index (κ2) is 9.35. The molecule has 0 aliphatic carbocycles. The van der Waals surface area contributed by atoms with Crippen molar-refractivity contribution in [3.05, 3.63) is 95.3 Å². The van der Waals surface area contributed by atoms with E-state index >= 15 is 0 Å². The number of benzene rings is 3. The van der Waals surface area contributed by atoms with Crippen LogP contribution in [0.1, 0.15) is 28.5 Å². The van der Waals surface area contributed by atoms with Crippen molar-refractivity contribution in [2.75, 3.05) is 16.0 Å². The first-order valence-electron chi connectivity index (χ1n) is 10.1. The summed E-state index contributed by atoms with van der Waals surface area (Å²) in [6, 6.07) is 22.3. The number of amides is 2. The Hall–Kier alpha value is -3.12. The highest BCUT2D eigenvalue weighted by Crippen LogP contribution is 2.42. The van der Waals surface area contributed by atoms with Gasteiger partial charge in [-0.05, 0) is 54.3 Å². The molecule has 1 atom stereocenters. The second-order valence-corrected chi connectivity index (χ2v) is 8.58. The molecule has 0 spiro atoms. The number of carbonyl (C=O) groups excluding carboxylic acids is 2. The first-order valence-corrected chi connectivity index (χ1v) is 11.2. The summed E-state index contributed by atoms with van der Waals surface area (Å²) in [5, 5.41) is 2.69. The lowest BCUT2D eigenvalue weighted by atomic mass is 10.1. The summed E-state index contributed by atoms with van der Waals surface area (Å²) in [6.45, 7) is 1.70. The second-order valence-electron chi connectivity index (χ2n) is 7.52. The molecule has 3 aromatic carbocycles. The highest BCUT2D eigenvalue weighted by atomic mass is 32.2. The molecule has 2 amide bonds. The molecule has 0 radical (unpaired) electrons. The van der Waals surface area contributed by atoms with Crippen molar-refractivity contribution in [2.45, 2.75) is 25.1 Å². The maximum atomic E-state index is 14.0. The molecule has 1 aliphatic rings. The van der Waals surface area contributed by atoms with Gasteiger partial charge in [0.2, 0.25) is 11.8 Å². The fraction of sp³-hybridized carbons (Fsp3) is 0.200. The Morgan fingerprint density at radius 3 is 2.55 bits per heavy atom. The lowest BCUT2D eigenvalue weighted by Crippen LogP contribution is -2.28. The molecule has 0 bridgehead atoms. The number of anilines is 2. The van der Waals surface area contributed by atoms with E-state index in [-0.39, 0.29) is 23.0 Å². The maximum Gasteiger partial charge on any atom is 0.238 e. The van der Waals surface area contributed by atoms with E-state index in [2.05, 4.69) is 5.32 Å². The Kier molecular flexibility index (Phi) is 6.37. The fourth-order valence-corrected chi connectivity index (χ4v) is 4.72. The molecule has 1 aliphatic heterocycles. The van der Waals surface area contributed by atoms with Gasteiger partial charge in [0, 0.05) is 17.8 Å². The number of aryl methyl sites for hydroxylation is 2. The molecular weight excluding hydrogens is 411 g/mol. The van der Waals surface area contributed by atoms with Crippen LogP contribution in [-0.2, 0) is 16.0 Å². The smallest absolute Gasteiger partial charge is 0.238 e. The third-order valence-electron chi connectivity index (χ3n) is 5.26. The molecule has 4 rings (SSSR count). The van der Waals surface area contributed by atoms with Gasteiger partial charge in [-0.3, -0.25) is 14.5 Å². The van der Waals surface area contributed by atoms with E-state index in [0.29, 0.717) is 35.5 Å². The van der Waals surface area contributed by atoms with Gasteiger partial charge in [-0.25, -0.2) is 4.39 Å². The molecule has 0 saturated carbocycles. The number of hydrogen-bond donors (Lipinski definition) is 1. The van der Waals surface area contributed by atoms with E-state index < -0.39 is 0 Å². The minimum absolute atomic E-state index is 0.0428. The molecule has 1 fully saturated rings. The first kappa shape index (κ1) is 21.1. The van der Waals surface area contributed by atoms with Crippen LogP contribution in [0.3, 0.4) is 0 Å². The van der Waals surface area contributed by atoms with E-state index in [9.17, 15) is 14.0 Å². The SMILES string of the molecule is Cc1ccc(N2C(=O)CSC2c2ccc(NC(=O)CCc3ccccc3)cc2)cc1F. The Balaban J connectivity index is 1.42. The number of halogens is 1. The molecule has 4 nitrogen and oxygen atoms in total. The average Bonchev–Trinajstić information content (AvgIpc) is 3.17. The minimum atomic E-state index is -0.325. The van der Waals surface area contributed by atoms with Gasteiger partial charge in [-0.15, -0.1) is 11.8 Å². The van der Waals surface area contributed by atoms with Gasteiger partial charge >= 0.3 is 0 Å². The Bertz CT molecular complexity index is 1090. The van der Waals surface area contributed by atoms with Crippen LogP contribution < -0.4 is 10.2 Å². The molecule has 1 saturated heterocycles. The van der Waals surface area contributed by atoms with E-state index in [1.807, 2.05) is 54.6 Å². The van der Waals surface area contributed by atoms with Crippen molar-refractivity contribution in [1.29, 1.82) is 0 Å². The largest absolute Gasteiger partial charge is 0.326 e. The van der Waals surface area contributed by atoms with Gasteiger partial charge in [0.15, 0.2) is 0 Å². The number of nitrogens with zero attached hydrogens (tertiary/aromatic N) is 1. The molecule has 158 valence electrons. The Morgan fingerprint density at radius 2 is 1.84 bits per heavy atom. The predicted octanol–water partition coefficient (Wildman–Crippen LogP) is 5.48. The van der Waals surface area contributed by atoms with Crippen molar-refractivity contribution >= 4 is 35.0 Å². The van der Waals surface area contributed by atoms with Crippen molar-refractivity contribution in [2.24, 2.45) is 0 Å². The molecular formula is C25H23FN2O2S. The van der Waals surface area contributed by atoms with Crippen LogP contribution in [0, 0.1) is 12.7 Å². The quantitative estimate of drug-likeness (QED) is 0.559. The number of hydrogen-bond acceptors (Lipinski definition) is 3. The molecule has 1 N–H and O–H groups in total. The number of nitrogens with one attached hydrogen (secondary N) is 1. The minimum Gasteiger partial charge on any atom is -0.326 e. The fourth-order valence-electron chi connectivity index (χ4n) is 3.54. The maximum absolute atomic E-state index is 14.0. The first-order chi connectivity index (χ1) is 15.0. The average molecular weight is 435 g/mol. The topological polar surface area (TPSA) is 49.4 Å². The van der Waals surface area contributed by atoms with E-state index in [1.165, 1.54) is 17.8 Å². The lowest BCUT2D eigenvalue weighted by Gasteiger charge is -2.25. The van der Waals surface area contributed by atoms with Gasteiger partial charge in [0.1, 0.15) is 11.2 Å². The summed E-state index contributed by atoms with van der Waals surface area (Å²) >= 11 is 1.51. The summed E-state index contributed by atoms with van der Waals surface area (Å²) in [6.07, 6.45) is 1.10. The standard InChI is InChI=1S/C25H23FN2O2S/c1-17-7-13-21(15-22(17)26)28-24(30)16-31-25(28)19-9-11-20(12-10-19)27-23(29)14-8-18-5-3-2-4-6-18/h2-7,9-13,15,25H,8,14,16H2,1H3,(H,27,29). The van der Waals surface area contributed by atoms with Crippen LogP contribution >= 0.6 is 11.8 Å². The van der Waals surface area contributed by atoms with Gasteiger partial charge in [0.25, 0.3) is 0 Å². The van der Waals surface area contributed by atoms with E-state index in [0.717, 1.165) is 11.1 Å². The van der Waals surface area contributed by atoms with Crippen LogP contribution in [0.4, 0.5) is 15.8 Å². The van der Waals surface area contributed by atoms with Gasteiger partial charge in [0.05, 0.1) is 5.75 Å². The number of thioether (sulfide) groups is 1. The molecule has 3 aromatic rings. The van der Waals surface area contributed by atoms with Gasteiger partial charge in [-0.1, -0.05) is 48.5 Å². The van der Waals surface area contributed by atoms with Gasteiger partial charge in [-0.2, -0.15) is 0 Å². The zero-order valence-corrected chi connectivity index (χ0v) is 18.0. The highest BCUT2D eigenvalue weighted by molar-refractivity contribution is 8.00. The third-order valence-corrected chi connectivity index (χ3v) is 6.48. The molecule has 1 unspecified atom stereocenters. The van der Waals surface area contributed by atoms with Crippen LogP contribution in [-0.4, -0.2) is 17.6 Å². The predicted molar refractivity (Wildman–Crippen MR) is 124 cm³/mol. The van der Waals surface area contributed by atoms with Crippen molar-refractivity contribution < 1.29 is 14.0 Å². The van der Waals surface area contributed by atoms with Crippen molar-refractivity contribution in [3.63, 3.8) is 0 Å². The summed E-state index contributed by atoms with van der Waals surface area (Å²) < 4.78 is 14.0. The molecule has 1 heterocycles. The van der Waals surface area contributed by atoms with E-state index in [4.69, 9.17) is 0 Å². The van der Waals surface area contributed by atoms with Crippen molar-refractivity contribution in [1.82, 2.24) is 0 Å². The van der Waals surface area contributed by atoms with E-state index in [1.54, 1.807) is 24.0 Å².